The number of amides is 2. The van der Waals surface area contributed by atoms with Crippen molar-refractivity contribution in [3.05, 3.63) is 65.2 Å². The van der Waals surface area contributed by atoms with E-state index in [4.69, 9.17) is 19.4 Å². The average Bonchev–Trinajstić information content (AvgIpc) is 3.39. The van der Waals surface area contributed by atoms with Crippen molar-refractivity contribution >= 4 is 17.5 Å². The molecule has 0 saturated carbocycles. The number of hydrogen-bond donors (Lipinski definition) is 4. The maximum atomic E-state index is 12.2. The van der Waals surface area contributed by atoms with Crippen LogP contribution in [0.4, 0.5) is 5.69 Å². The van der Waals surface area contributed by atoms with Gasteiger partial charge in [0.05, 0.1) is 25.4 Å². The Hall–Kier alpha value is -2.86. The fraction of sp³-hybridized carbons (Fsp3) is 0.517. The van der Waals surface area contributed by atoms with Gasteiger partial charge in [0.2, 0.25) is 11.8 Å². The van der Waals surface area contributed by atoms with Gasteiger partial charge in [-0.3, -0.25) is 19.7 Å². The lowest BCUT2D eigenvalue weighted by Gasteiger charge is -2.38. The molecule has 10 nitrogen and oxygen atoms in total. The minimum absolute atomic E-state index is 0.00308. The molecule has 2 aromatic rings. The van der Waals surface area contributed by atoms with Crippen molar-refractivity contribution in [3.63, 3.8) is 0 Å². The van der Waals surface area contributed by atoms with Crippen LogP contribution in [0.3, 0.4) is 0 Å². The molecule has 4 N–H and O–H groups in total. The van der Waals surface area contributed by atoms with E-state index in [0.29, 0.717) is 31.2 Å². The van der Waals surface area contributed by atoms with Crippen molar-refractivity contribution in [1.82, 2.24) is 10.4 Å². The van der Waals surface area contributed by atoms with E-state index in [1.54, 1.807) is 12.6 Å². The normalized spacial score (nSPS) is 23.5. The second-order valence-electron chi connectivity index (χ2n) is 10.2. The van der Waals surface area contributed by atoms with Crippen LogP contribution in [0, 0.1) is 0 Å². The molecular weight excluding hydrogens is 502 g/mol. The van der Waals surface area contributed by atoms with Crippen LogP contribution in [0.1, 0.15) is 67.6 Å². The van der Waals surface area contributed by atoms with Crippen LogP contribution < -0.4 is 10.8 Å². The number of ether oxygens (including phenoxy) is 3. The van der Waals surface area contributed by atoms with Crippen LogP contribution >= 0.6 is 0 Å². The molecule has 0 aromatic heterocycles. The fourth-order valence-electron chi connectivity index (χ4n) is 5.22. The molecule has 0 spiro atoms. The van der Waals surface area contributed by atoms with Crippen molar-refractivity contribution in [1.29, 1.82) is 0 Å². The molecule has 2 fully saturated rings. The molecular formula is C29H39N3O7. The third kappa shape index (κ3) is 8.31. The molecule has 2 aliphatic heterocycles. The fourth-order valence-corrected chi connectivity index (χ4v) is 5.22. The van der Waals surface area contributed by atoms with Gasteiger partial charge in [-0.15, -0.1) is 0 Å². The number of benzene rings is 2. The Balaban J connectivity index is 1.43. The summed E-state index contributed by atoms with van der Waals surface area (Å²) in [6, 6.07) is 15.6. The second-order valence-corrected chi connectivity index (χ2v) is 10.2. The first-order chi connectivity index (χ1) is 19.0. The van der Waals surface area contributed by atoms with Crippen LogP contribution in [0.15, 0.2) is 48.5 Å². The van der Waals surface area contributed by atoms with Gasteiger partial charge in [-0.2, -0.15) is 0 Å². The third-order valence-electron chi connectivity index (χ3n) is 7.31. The first-order valence-electron chi connectivity index (χ1n) is 13.6. The molecule has 212 valence electrons. The highest BCUT2D eigenvalue weighted by Gasteiger charge is 2.35. The quantitative estimate of drug-likeness (QED) is 0.238. The van der Waals surface area contributed by atoms with E-state index in [1.807, 2.05) is 48.5 Å². The zero-order chi connectivity index (χ0) is 27.6. The number of carbonyl (C=O) groups is 2. The number of carbonyl (C=O) groups excluding carboxylic acids is 2. The molecule has 0 bridgehead atoms. The Morgan fingerprint density at radius 3 is 2.44 bits per heavy atom. The van der Waals surface area contributed by atoms with Gasteiger partial charge in [0.15, 0.2) is 6.29 Å². The van der Waals surface area contributed by atoms with Crippen LogP contribution in [-0.2, 0) is 30.4 Å². The highest BCUT2D eigenvalue weighted by molar-refractivity contribution is 5.91. The van der Waals surface area contributed by atoms with Crippen LogP contribution in [0.2, 0.25) is 0 Å². The molecule has 4 atom stereocenters. The molecule has 2 aromatic carbocycles. The van der Waals surface area contributed by atoms with Crippen molar-refractivity contribution in [2.75, 3.05) is 32.1 Å². The van der Waals surface area contributed by atoms with Gasteiger partial charge in [0.25, 0.3) is 0 Å². The summed E-state index contributed by atoms with van der Waals surface area (Å²) in [5, 5.41) is 20.8. The Morgan fingerprint density at radius 2 is 1.74 bits per heavy atom. The number of methoxy groups -OCH3 is 1. The number of hydroxylamine groups is 1. The zero-order valence-corrected chi connectivity index (χ0v) is 22.4. The maximum absolute atomic E-state index is 12.2. The number of anilines is 1. The summed E-state index contributed by atoms with van der Waals surface area (Å²) in [6.45, 7) is 2.52. The number of nitrogens with zero attached hydrogens (tertiary/aromatic N) is 1. The van der Waals surface area contributed by atoms with E-state index in [0.717, 1.165) is 42.6 Å². The largest absolute Gasteiger partial charge is 0.392 e. The molecule has 4 rings (SSSR count). The van der Waals surface area contributed by atoms with Gasteiger partial charge in [-0.25, -0.2) is 5.48 Å². The SMILES string of the molecule is COC[C@@H]1CCCN1C[C@@H]1C[C@H](c2ccc(CO)cc2)O[C@H](c2ccc(NC(=O)CCCC(=O)NO)cc2)O1. The topological polar surface area (TPSA) is 130 Å². The van der Waals surface area contributed by atoms with Crippen molar-refractivity contribution in [3.8, 4) is 0 Å². The van der Waals surface area contributed by atoms with E-state index < -0.39 is 12.2 Å². The molecule has 0 radical (unpaired) electrons. The highest BCUT2D eigenvalue weighted by Crippen LogP contribution is 2.39. The Morgan fingerprint density at radius 1 is 1.03 bits per heavy atom. The van der Waals surface area contributed by atoms with Crippen molar-refractivity contribution in [2.45, 2.75) is 69.7 Å². The molecule has 2 heterocycles. The minimum atomic E-state index is -0.573. The zero-order valence-electron chi connectivity index (χ0n) is 22.4. The van der Waals surface area contributed by atoms with Gasteiger partial charge in [-0.1, -0.05) is 36.4 Å². The second kappa shape index (κ2) is 14.5. The lowest BCUT2D eigenvalue weighted by Crippen LogP contribution is -2.42. The smallest absolute Gasteiger partial charge is 0.243 e. The number of rotatable bonds is 12. The Bertz CT molecular complexity index is 1060. The summed E-state index contributed by atoms with van der Waals surface area (Å²) in [7, 11) is 1.74. The van der Waals surface area contributed by atoms with Crippen LogP contribution in [0.25, 0.3) is 0 Å². The summed E-state index contributed by atoms with van der Waals surface area (Å²) >= 11 is 0. The predicted octanol–water partition coefficient (Wildman–Crippen LogP) is 3.45. The number of nitrogens with one attached hydrogen (secondary N) is 2. The number of hydrogen-bond acceptors (Lipinski definition) is 8. The van der Waals surface area contributed by atoms with Gasteiger partial charge >= 0.3 is 0 Å². The van der Waals surface area contributed by atoms with E-state index in [-0.39, 0.29) is 37.6 Å². The Kier molecular flexibility index (Phi) is 10.8. The maximum Gasteiger partial charge on any atom is 0.243 e. The van der Waals surface area contributed by atoms with Crippen LogP contribution in [0.5, 0.6) is 0 Å². The van der Waals surface area contributed by atoms with E-state index in [1.165, 1.54) is 0 Å². The highest BCUT2D eigenvalue weighted by atomic mass is 16.7. The summed E-state index contributed by atoms with van der Waals surface area (Å²) in [4.78, 5) is 25.8. The first kappa shape index (κ1) is 29.1. The summed E-state index contributed by atoms with van der Waals surface area (Å²) in [5.41, 5.74) is 4.95. The van der Waals surface area contributed by atoms with E-state index >= 15 is 0 Å². The summed E-state index contributed by atoms with van der Waals surface area (Å²) in [6.07, 6.45) is 2.79. The molecule has 2 amide bonds. The number of aliphatic hydroxyl groups excluding tert-OH is 1. The molecule has 2 saturated heterocycles. The summed E-state index contributed by atoms with van der Waals surface area (Å²) in [5.74, 6) is -0.721. The number of aliphatic hydroxyl groups is 1. The number of likely N-dealkylation sites (tertiary alicyclic amines) is 1. The first-order valence-corrected chi connectivity index (χ1v) is 13.6. The molecule has 0 aliphatic carbocycles. The molecule has 0 unspecified atom stereocenters. The van der Waals surface area contributed by atoms with E-state index in [2.05, 4.69) is 10.2 Å². The standard InChI is InChI=1S/C29H39N3O7/c1-37-19-24-4-3-15-32(24)17-25-16-26(21-9-7-20(18-33)8-10-21)39-29(38-25)22-11-13-23(14-12-22)30-27(34)5-2-6-28(35)31-36/h7-14,24-26,29,33,36H,2-6,15-19H2,1H3,(H,30,34)(H,31,35)/t24-,25-,26+,29+/m0/s1. The lowest BCUT2D eigenvalue weighted by molar-refractivity contribution is -0.253. The summed E-state index contributed by atoms with van der Waals surface area (Å²) < 4.78 is 18.3. The van der Waals surface area contributed by atoms with E-state index in [9.17, 15) is 14.7 Å². The van der Waals surface area contributed by atoms with Gasteiger partial charge < -0.3 is 24.6 Å². The lowest BCUT2D eigenvalue weighted by atomic mass is 9.99. The van der Waals surface area contributed by atoms with Gasteiger partial charge in [0.1, 0.15) is 0 Å². The van der Waals surface area contributed by atoms with Crippen LogP contribution in [-0.4, -0.2) is 66.0 Å². The average molecular weight is 542 g/mol. The molecule has 10 heteroatoms. The molecule has 2 aliphatic rings. The minimum Gasteiger partial charge on any atom is -0.392 e. The monoisotopic (exact) mass is 541 g/mol. The Labute approximate surface area is 229 Å². The predicted molar refractivity (Wildman–Crippen MR) is 144 cm³/mol. The van der Waals surface area contributed by atoms with Crippen molar-refractivity contribution in [2.24, 2.45) is 0 Å². The van der Waals surface area contributed by atoms with Crippen molar-refractivity contribution < 1.29 is 34.1 Å². The van der Waals surface area contributed by atoms with Gasteiger partial charge in [-0.05, 0) is 49.1 Å². The molecule has 39 heavy (non-hydrogen) atoms. The third-order valence-corrected chi connectivity index (χ3v) is 7.31. The van der Waals surface area contributed by atoms with Gasteiger partial charge in [0, 0.05) is 50.2 Å².